The molecular formula is C9H13BrN2O3S. The summed E-state index contributed by atoms with van der Waals surface area (Å²) >= 11 is 2.94. The van der Waals surface area contributed by atoms with Gasteiger partial charge in [0.15, 0.2) is 0 Å². The summed E-state index contributed by atoms with van der Waals surface area (Å²) in [5.41, 5.74) is 6.43. The van der Waals surface area contributed by atoms with Crippen molar-refractivity contribution in [3.63, 3.8) is 0 Å². The summed E-state index contributed by atoms with van der Waals surface area (Å²) in [6.07, 6.45) is 0.362. The predicted octanol–water partition coefficient (Wildman–Crippen LogP) is 0.755. The van der Waals surface area contributed by atoms with Crippen molar-refractivity contribution in [2.24, 2.45) is 5.73 Å². The molecule has 0 heterocycles. The molecule has 0 radical (unpaired) electrons. The standard InChI is InChI=1S/C9H13BrN2O3S/c1-16(14,15)12(10)8-4-2-7(3-5-8)9(13)6-11/h2-5,9,13H,6,11H2,1H3. The topological polar surface area (TPSA) is 83.6 Å². The van der Waals surface area contributed by atoms with Gasteiger partial charge in [-0.05, 0) is 17.7 Å². The van der Waals surface area contributed by atoms with E-state index in [0.29, 0.717) is 11.3 Å². The minimum Gasteiger partial charge on any atom is -0.387 e. The van der Waals surface area contributed by atoms with Gasteiger partial charge in [0.25, 0.3) is 0 Å². The first kappa shape index (κ1) is 13.4. The lowest BCUT2D eigenvalue weighted by atomic mass is 10.1. The van der Waals surface area contributed by atoms with Gasteiger partial charge < -0.3 is 10.8 Å². The van der Waals surface area contributed by atoms with Crippen molar-refractivity contribution >= 4 is 31.9 Å². The Morgan fingerprint density at radius 2 is 1.94 bits per heavy atom. The van der Waals surface area contributed by atoms with Crippen molar-refractivity contribution in [2.75, 3.05) is 16.1 Å². The average molecular weight is 309 g/mol. The molecule has 0 aliphatic rings. The van der Waals surface area contributed by atoms with E-state index in [2.05, 4.69) is 16.1 Å². The molecule has 0 aliphatic heterocycles. The van der Waals surface area contributed by atoms with Crippen molar-refractivity contribution in [1.29, 1.82) is 0 Å². The smallest absolute Gasteiger partial charge is 0.241 e. The number of aliphatic hydroxyl groups is 1. The fourth-order valence-corrected chi connectivity index (χ4v) is 1.88. The van der Waals surface area contributed by atoms with Gasteiger partial charge in [0, 0.05) is 6.54 Å². The summed E-state index contributed by atoms with van der Waals surface area (Å²) in [5.74, 6) is 0. The molecule has 0 spiro atoms. The van der Waals surface area contributed by atoms with Crippen molar-refractivity contribution in [1.82, 2.24) is 0 Å². The maximum atomic E-state index is 11.2. The van der Waals surface area contributed by atoms with Crippen LogP contribution in [-0.4, -0.2) is 26.3 Å². The Kier molecular flexibility index (Phi) is 4.31. The molecule has 90 valence electrons. The molecule has 1 atom stereocenters. The molecule has 1 aromatic carbocycles. The highest BCUT2D eigenvalue weighted by atomic mass is 79.9. The number of nitrogens with two attached hydrogens (primary N) is 1. The highest BCUT2D eigenvalue weighted by molar-refractivity contribution is 9.11. The van der Waals surface area contributed by atoms with Crippen LogP contribution in [0.1, 0.15) is 11.7 Å². The number of sulfonamides is 1. The van der Waals surface area contributed by atoms with Crippen LogP contribution in [0.4, 0.5) is 5.69 Å². The largest absolute Gasteiger partial charge is 0.387 e. The van der Waals surface area contributed by atoms with Gasteiger partial charge >= 0.3 is 0 Å². The van der Waals surface area contributed by atoms with Gasteiger partial charge in [-0.3, -0.25) is 0 Å². The molecule has 0 saturated carbocycles. The molecule has 0 fully saturated rings. The van der Waals surface area contributed by atoms with Crippen LogP contribution in [0.3, 0.4) is 0 Å². The Morgan fingerprint density at radius 1 is 1.44 bits per heavy atom. The van der Waals surface area contributed by atoms with Crippen LogP contribution in [0.15, 0.2) is 24.3 Å². The molecule has 0 amide bonds. The van der Waals surface area contributed by atoms with Crippen LogP contribution >= 0.6 is 16.1 Å². The van der Waals surface area contributed by atoms with Crippen LogP contribution in [0, 0.1) is 0 Å². The summed E-state index contributed by atoms with van der Waals surface area (Å²) in [4.78, 5) is 0. The first-order valence-electron chi connectivity index (χ1n) is 4.50. The summed E-state index contributed by atoms with van der Waals surface area (Å²) < 4.78 is 23.4. The van der Waals surface area contributed by atoms with Crippen molar-refractivity contribution < 1.29 is 13.5 Å². The predicted molar refractivity (Wildman–Crippen MR) is 66.7 cm³/mol. The van der Waals surface area contributed by atoms with Gasteiger partial charge in [-0.15, -0.1) is 0 Å². The fourth-order valence-electron chi connectivity index (χ4n) is 1.14. The van der Waals surface area contributed by atoms with E-state index in [4.69, 9.17) is 5.73 Å². The third kappa shape index (κ3) is 3.18. The maximum absolute atomic E-state index is 11.2. The Morgan fingerprint density at radius 3 is 2.31 bits per heavy atom. The van der Waals surface area contributed by atoms with Gasteiger partial charge in [-0.1, -0.05) is 12.1 Å². The Labute approximate surface area is 103 Å². The lowest BCUT2D eigenvalue weighted by Gasteiger charge is -2.15. The zero-order valence-corrected chi connectivity index (χ0v) is 11.1. The highest BCUT2D eigenvalue weighted by Gasteiger charge is 2.14. The van der Waals surface area contributed by atoms with Crippen molar-refractivity contribution in [3.8, 4) is 0 Å². The molecule has 1 unspecified atom stereocenters. The number of halogens is 1. The molecule has 1 rings (SSSR count). The summed E-state index contributed by atoms with van der Waals surface area (Å²) in [6.45, 7) is 0.128. The van der Waals surface area contributed by atoms with Gasteiger partial charge in [-0.2, -0.15) is 0 Å². The molecule has 0 aliphatic carbocycles. The Balaban J connectivity index is 2.96. The lowest BCUT2D eigenvalue weighted by molar-refractivity contribution is 0.187. The summed E-state index contributed by atoms with van der Waals surface area (Å²) in [7, 11) is -3.33. The Hall–Kier alpha value is -0.630. The van der Waals surface area contributed by atoms with Gasteiger partial charge in [0.1, 0.15) is 0 Å². The van der Waals surface area contributed by atoms with Crippen LogP contribution in [0.2, 0.25) is 0 Å². The first-order valence-corrected chi connectivity index (χ1v) is 7.06. The second-order valence-electron chi connectivity index (χ2n) is 3.32. The number of hydrogen-bond donors (Lipinski definition) is 2. The van der Waals surface area contributed by atoms with Crippen LogP contribution in [-0.2, 0) is 10.0 Å². The lowest BCUT2D eigenvalue weighted by Crippen LogP contribution is -2.18. The zero-order valence-electron chi connectivity index (χ0n) is 8.67. The van der Waals surface area contributed by atoms with Gasteiger partial charge in [-0.25, -0.2) is 11.7 Å². The quantitative estimate of drug-likeness (QED) is 0.804. The minimum absolute atomic E-state index is 0.128. The first-order chi connectivity index (χ1) is 7.36. The van der Waals surface area contributed by atoms with Crippen LogP contribution in [0.25, 0.3) is 0 Å². The molecule has 3 N–H and O–H groups in total. The molecule has 0 aromatic heterocycles. The summed E-state index contributed by atoms with van der Waals surface area (Å²) in [5, 5.41) is 9.45. The van der Waals surface area contributed by atoms with Gasteiger partial charge in [0.2, 0.25) is 10.0 Å². The second-order valence-corrected chi connectivity index (χ2v) is 6.33. The van der Waals surface area contributed by atoms with Crippen LogP contribution < -0.4 is 9.06 Å². The van der Waals surface area contributed by atoms with E-state index in [1.807, 2.05) is 0 Å². The third-order valence-electron chi connectivity index (χ3n) is 2.00. The van der Waals surface area contributed by atoms with E-state index in [1.165, 1.54) is 0 Å². The number of nitrogens with zero attached hydrogens (tertiary/aromatic N) is 1. The minimum atomic E-state index is -3.33. The van der Waals surface area contributed by atoms with E-state index < -0.39 is 16.1 Å². The number of aliphatic hydroxyl groups excluding tert-OH is 1. The molecular weight excluding hydrogens is 296 g/mol. The summed E-state index contributed by atoms with van der Waals surface area (Å²) in [6, 6.07) is 6.44. The Bertz CT molecular complexity index is 446. The van der Waals surface area contributed by atoms with E-state index in [1.54, 1.807) is 24.3 Å². The number of benzene rings is 1. The molecule has 0 bridgehead atoms. The zero-order chi connectivity index (χ0) is 12.3. The molecule has 0 saturated heterocycles. The van der Waals surface area contributed by atoms with Crippen LogP contribution in [0.5, 0.6) is 0 Å². The number of hydrogen-bond acceptors (Lipinski definition) is 4. The maximum Gasteiger partial charge on any atom is 0.241 e. The average Bonchev–Trinajstić information content (AvgIpc) is 2.26. The SMILES string of the molecule is CS(=O)(=O)N(Br)c1ccc(C(O)CN)cc1. The highest BCUT2D eigenvalue weighted by Crippen LogP contribution is 2.23. The monoisotopic (exact) mass is 308 g/mol. The van der Waals surface area contributed by atoms with E-state index in [0.717, 1.165) is 9.59 Å². The van der Waals surface area contributed by atoms with E-state index in [-0.39, 0.29) is 6.54 Å². The fraction of sp³-hybridized carbons (Fsp3) is 0.333. The molecule has 7 heteroatoms. The normalized spacial score (nSPS) is 13.5. The molecule has 5 nitrogen and oxygen atoms in total. The van der Waals surface area contributed by atoms with Crippen molar-refractivity contribution in [2.45, 2.75) is 6.10 Å². The molecule has 1 aromatic rings. The van der Waals surface area contributed by atoms with E-state index >= 15 is 0 Å². The number of anilines is 1. The second kappa shape index (κ2) is 5.13. The number of rotatable bonds is 4. The van der Waals surface area contributed by atoms with E-state index in [9.17, 15) is 13.5 Å². The third-order valence-corrected chi connectivity index (χ3v) is 4.78. The molecule has 16 heavy (non-hydrogen) atoms. The van der Waals surface area contributed by atoms with Crippen molar-refractivity contribution in [3.05, 3.63) is 29.8 Å². The van der Waals surface area contributed by atoms with Gasteiger partial charge in [0.05, 0.1) is 34.2 Å².